The summed E-state index contributed by atoms with van der Waals surface area (Å²) in [5, 5.41) is 34.5. The van der Waals surface area contributed by atoms with Gasteiger partial charge in [0.15, 0.2) is 0 Å². The Labute approximate surface area is 170 Å². The van der Waals surface area contributed by atoms with E-state index in [1.807, 2.05) is 0 Å². The summed E-state index contributed by atoms with van der Waals surface area (Å²) in [6.45, 7) is -2.25. The molecule has 0 aliphatic heterocycles. The van der Waals surface area contributed by atoms with Crippen molar-refractivity contribution in [2.24, 2.45) is 0 Å². The molecule has 116 valence electrons. The van der Waals surface area contributed by atoms with Crippen molar-refractivity contribution in [1.29, 1.82) is 0 Å². The van der Waals surface area contributed by atoms with Crippen LogP contribution >= 0.6 is 0 Å². The van der Waals surface area contributed by atoms with Crippen molar-refractivity contribution in [3.8, 4) is 0 Å². The molecule has 0 aliphatic carbocycles. The number of nitrogens with zero attached hydrogens (tertiary/aromatic N) is 2. The van der Waals surface area contributed by atoms with Crippen LogP contribution in [0.2, 0.25) is 0 Å². The normalized spacial score (nSPS) is 10.2. The van der Waals surface area contributed by atoms with Gasteiger partial charge in [-0.15, -0.1) is 0 Å². The first kappa shape index (κ1) is 22.9. The molecule has 11 heteroatoms. The molecule has 0 radical (unpaired) electrons. The van der Waals surface area contributed by atoms with Gasteiger partial charge >= 0.3 is 82.1 Å². The minimum Gasteiger partial charge on any atom is -1.00 e. The Morgan fingerprint density at radius 3 is 0.952 bits per heavy atom. The average Bonchev–Trinajstić information content (AvgIpc) is 2.22. The topological polar surface area (TPSA) is 156 Å². The molecular weight excluding hydrogens is 362 g/mol. The van der Waals surface area contributed by atoms with Crippen molar-refractivity contribution in [1.82, 2.24) is 9.80 Å². The average molecular weight is 379 g/mol. The van der Waals surface area contributed by atoms with Crippen LogP contribution < -0.4 is 58.2 Å². The maximum absolute atomic E-state index is 10.6. The molecular formula is C10H17N2O8Rb. The predicted octanol–water partition coefficient (Wildman–Crippen LogP) is -4.95. The van der Waals surface area contributed by atoms with Crippen molar-refractivity contribution in [2.45, 2.75) is 0 Å². The molecule has 0 atom stereocenters. The number of carbonyl (C=O) groups is 4. The van der Waals surface area contributed by atoms with E-state index in [1.165, 1.54) is 0 Å². The van der Waals surface area contributed by atoms with E-state index in [-0.39, 0.29) is 72.7 Å². The molecule has 0 rings (SSSR count). The van der Waals surface area contributed by atoms with Gasteiger partial charge in [0.05, 0.1) is 26.2 Å². The van der Waals surface area contributed by atoms with Crippen molar-refractivity contribution in [3.05, 3.63) is 0 Å². The van der Waals surface area contributed by atoms with E-state index in [2.05, 4.69) is 0 Å². The second-order valence-corrected chi connectivity index (χ2v) is 4.00. The quantitative estimate of drug-likeness (QED) is 0.274. The zero-order valence-corrected chi connectivity index (χ0v) is 16.5. The Hall–Kier alpha value is -0.395. The van der Waals surface area contributed by atoms with E-state index in [0.29, 0.717) is 0 Å². The van der Waals surface area contributed by atoms with Crippen molar-refractivity contribution in [3.63, 3.8) is 0 Å². The third-order valence-electron chi connectivity index (χ3n) is 2.17. The molecule has 0 heterocycles. The summed E-state index contributed by atoms with van der Waals surface area (Å²) in [5.41, 5.74) is 0. The first-order valence-corrected chi connectivity index (χ1v) is 5.52. The number of rotatable bonds is 11. The Morgan fingerprint density at radius 2 is 0.810 bits per heavy atom. The van der Waals surface area contributed by atoms with E-state index >= 15 is 0 Å². The minimum atomic E-state index is -1.23. The molecule has 0 saturated heterocycles. The number of hydrogen-bond donors (Lipinski definition) is 4. The van der Waals surface area contributed by atoms with Crippen LogP contribution in [-0.4, -0.2) is 93.4 Å². The molecule has 0 spiro atoms. The maximum Gasteiger partial charge on any atom is 1.00 e. The molecule has 0 bridgehead atoms. The largest absolute Gasteiger partial charge is 1.00 e. The fourth-order valence-corrected chi connectivity index (χ4v) is 1.48. The van der Waals surface area contributed by atoms with Gasteiger partial charge in [-0.25, -0.2) is 0 Å². The molecule has 0 saturated carbocycles. The molecule has 4 N–H and O–H groups in total. The zero-order chi connectivity index (χ0) is 15.7. The standard InChI is InChI=1S/C10H16N2O8.Rb.H/c13-7(14)3-11(4-8(15)16)1-2-12(5-9(17)18)6-10(19)20;;/h1-6H2,(H,13,14)(H,15,16)(H,17,18)(H,19,20);;/q;+1;-1. The van der Waals surface area contributed by atoms with Gasteiger partial charge in [0.25, 0.3) is 0 Å². The third-order valence-corrected chi connectivity index (χ3v) is 2.17. The van der Waals surface area contributed by atoms with E-state index in [9.17, 15) is 19.2 Å². The Bertz CT molecular complexity index is 327. The van der Waals surface area contributed by atoms with Gasteiger partial charge in [-0.1, -0.05) is 0 Å². The second kappa shape index (κ2) is 12.2. The monoisotopic (exact) mass is 378 g/mol. The van der Waals surface area contributed by atoms with Crippen LogP contribution in [0.3, 0.4) is 0 Å². The van der Waals surface area contributed by atoms with E-state index in [1.54, 1.807) is 0 Å². The summed E-state index contributed by atoms with van der Waals surface area (Å²) in [6, 6.07) is 0. The molecule has 0 aliphatic rings. The molecule has 0 fully saturated rings. The number of hydrogen-bond acceptors (Lipinski definition) is 6. The SMILES string of the molecule is O=C(O)CN(CCN(CC(=O)O)CC(=O)O)CC(=O)O.[H-].[Rb+]. The van der Waals surface area contributed by atoms with Gasteiger partial charge in [0.2, 0.25) is 0 Å². The van der Waals surface area contributed by atoms with E-state index in [4.69, 9.17) is 20.4 Å². The van der Waals surface area contributed by atoms with Crippen LogP contribution in [0.4, 0.5) is 0 Å². The number of aliphatic carboxylic acids is 4. The molecule has 0 aromatic rings. The van der Waals surface area contributed by atoms with Crippen LogP contribution in [0.15, 0.2) is 0 Å². The van der Waals surface area contributed by atoms with Gasteiger partial charge in [-0.3, -0.25) is 29.0 Å². The molecule has 10 nitrogen and oxygen atoms in total. The summed E-state index contributed by atoms with van der Waals surface area (Å²) in [5.74, 6) is -4.91. The van der Waals surface area contributed by atoms with Crippen molar-refractivity contribution < 1.29 is 99.2 Å². The summed E-state index contributed by atoms with van der Waals surface area (Å²) in [6.07, 6.45) is 0. The van der Waals surface area contributed by atoms with Gasteiger partial charge in [0.1, 0.15) is 0 Å². The summed E-state index contributed by atoms with van der Waals surface area (Å²) in [7, 11) is 0. The fraction of sp³-hybridized carbons (Fsp3) is 0.600. The van der Waals surface area contributed by atoms with Crippen LogP contribution in [0.5, 0.6) is 0 Å². The smallest absolute Gasteiger partial charge is 1.00 e. The minimum absolute atomic E-state index is 0. The Morgan fingerprint density at radius 1 is 0.619 bits per heavy atom. The number of carboxylic acid groups (broad SMARTS) is 4. The molecule has 0 unspecified atom stereocenters. The Kier molecular flexibility index (Phi) is 13.3. The first-order chi connectivity index (χ1) is 9.20. The summed E-state index contributed by atoms with van der Waals surface area (Å²) in [4.78, 5) is 44.4. The summed E-state index contributed by atoms with van der Waals surface area (Å²) < 4.78 is 0. The van der Waals surface area contributed by atoms with Crippen LogP contribution in [0.25, 0.3) is 0 Å². The van der Waals surface area contributed by atoms with E-state index < -0.39 is 50.1 Å². The van der Waals surface area contributed by atoms with Crippen molar-refractivity contribution >= 4 is 23.9 Å². The van der Waals surface area contributed by atoms with Crippen LogP contribution in [0, 0.1) is 0 Å². The van der Waals surface area contributed by atoms with Gasteiger partial charge in [-0.2, -0.15) is 0 Å². The van der Waals surface area contributed by atoms with Crippen LogP contribution in [-0.2, 0) is 19.2 Å². The molecule has 0 aromatic carbocycles. The zero-order valence-electron chi connectivity index (χ0n) is 12.6. The van der Waals surface area contributed by atoms with Gasteiger partial charge in [-0.05, 0) is 0 Å². The first-order valence-electron chi connectivity index (χ1n) is 5.52. The second-order valence-electron chi connectivity index (χ2n) is 4.00. The summed E-state index contributed by atoms with van der Waals surface area (Å²) >= 11 is 0. The molecule has 0 aromatic heterocycles. The Balaban J connectivity index is -0.00000180. The third kappa shape index (κ3) is 14.3. The van der Waals surface area contributed by atoms with Crippen LogP contribution in [0.1, 0.15) is 1.43 Å². The van der Waals surface area contributed by atoms with Gasteiger partial charge in [0, 0.05) is 13.1 Å². The number of carboxylic acids is 4. The van der Waals surface area contributed by atoms with Gasteiger partial charge < -0.3 is 21.9 Å². The van der Waals surface area contributed by atoms with E-state index in [0.717, 1.165) is 9.80 Å². The maximum atomic E-state index is 10.6. The molecule has 0 amide bonds. The predicted molar refractivity (Wildman–Crippen MR) is 64.5 cm³/mol. The van der Waals surface area contributed by atoms with Crippen molar-refractivity contribution in [2.75, 3.05) is 39.3 Å². The molecule has 21 heavy (non-hydrogen) atoms. The fourth-order valence-electron chi connectivity index (χ4n) is 1.48.